The van der Waals surface area contributed by atoms with Crippen LogP contribution in [0, 0.1) is 13.8 Å². The first kappa shape index (κ1) is 27.8. The smallest absolute Gasteiger partial charge is 0.0433 e. The SMILES string of the molecule is Cc1ccc(-c2sc3cc(-c4c5ccccc5c(-c5ccc6ccccc6c5)c5ccccc45)ccc3c2-c2ccc(C)cc2)cc1. The van der Waals surface area contributed by atoms with Crippen molar-refractivity contribution in [3.8, 4) is 43.8 Å². The van der Waals surface area contributed by atoms with Gasteiger partial charge in [0.2, 0.25) is 0 Å². The van der Waals surface area contributed by atoms with Crippen LogP contribution in [0.4, 0.5) is 0 Å². The van der Waals surface area contributed by atoms with Crippen LogP contribution >= 0.6 is 11.3 Å². The molecule has 0 fully saturated rings. The van der Waals surface area contributed by atoms with Gasteiger partial charge < -0.3 is 0 Å². The average molecular weight is 617 g/mol. The fraction of sp³-hybridized carbons (Fsp3) is 0.0435. The van der Waals surface area contributed by atoms with E-state index >= 15 is 0 Å². The molecule has 0 aliphatic rings. The van der Waals surface area contributed by atoms with E-state index in [-0.39, 0.29) is 0 Å². The zero-order chi connectivity index (χ0) is 31.5. The number of thiophene rings is 1. The van der Waals surface area contributed by atoms with E-state index in [0.717, 1.165) is 0 Å². The molecule has 8 aromatic carbocycles. The number of aryl methyl sites for hydroxylation is 2. The Morgan fingerprint density at radius 2 is 0.809 bits per heavy atom. The number of hydrogen-bond acceptors (Lipinski definition) is 1. The summed E-state index contributed by atoms with van der Waals surface area (Å²) in [5.74, 6) is 0. The van der Waals surface area contributed by atoms with Gasteiger partial charge in [-0.25, -0.2) is 0 Å². The molecule has 9 aromatic rings. The van der Waals surface area contributed by atoms with Crippen molar-refractivity contribution in [3.05, 3.63) is 169 Å². The molecule has 1 aromatic heterocycles. The minimum absolute atomic E-state index is 1.25. The number of rotatable bonds is 4. The average Bonchev–Trinajstić information content (AvgIpc) is 3.49. The lowest BCUT2D eigenvalue weighted by Crippen LogP contribution is -1.91. The summed E-state index contributed by atoms with van der Waals surface area (Å²) in [6.45, 7) is 4.31. The first-order chi connectivity index (χ1) is 23.1. The predicted molar refractivity (Wildman–Crippen MR) is 206 cm³/mol. The summed E-state index contributed by atoms with van der Waals surface area (Å²) in [7, 11) is 0. The van der Waals surface area contributed by atoms with Crippen molar-refractivity contribution >= 4 is 53.7 Å². The number of benzene rings is 8. The van der Waals surface area contributed by atoms with Crippen LogP contribution in [0.2, 0.25) is 0 Å². The van der Waals surface area contributed by atoms with E-state index in [9.17, 15) is 0 Å². The molecule has 0 saturated heterocycles. The molecule has 0 unspecified atom stereocenters. The number of hydrogen-bond donors (Lipinski definition) is 0. The molecule has 9 rings (SSSR count). The molecule has 0 spiro atoms. The monoisotopic (exact) mass is 616 g/mol. The Morgan fingerprint density at radius 1 is 0.340 bits per heavy atom. The second-order valence-corrected chi connectivity index (χ2v) is 13.7. The molecule has 0 saturated carbocycles. The molecule has 0 aliphatic heterocycles. The summed E-state index contributed by atoms with van der Waals surface area (Å²) in [5.41, 5.74) is 11.5. The third kappa shape index (κ3) is 4.66. The Morgan fingerprint density at radius 3 is 1.40 bits per heavy atom. The van der Waals surface area contributed by atoms with Gasteiger partial charge in [-0.1, -0.05) is 157 Å². The molecule has 0 bridgehead atoms. The molecular weight excluding hydrogens is 585 g/mol. The lowest BCUT2D eigenvalue weighted by Gasteiger charge is -2.18. The second kappa shape index (κ2) is 11.1. The van der Waals surface area contributed by atoms with Gasteiger partial charge in [-0.2, -0.15) is 0 Å². The maximum Gasteiger partial charge on any atom is 0.0433 e. The van der Waals surface area contributed by atoms with Gasteiger partial charge in [-0.05, 0) is 91.7 Å². The van der Waals surface area contributed by atoms with E-state index in [0.29, 0.717) is 0 Å². The van der Waals surface area contributed by atoms with Crippen LogP contribution in [-0.2, 0) is 0 Å². The molecule has 1 heterocycles. The Balaban J connectivity index is 1.31. The van der Waals surface area contributed by atoms with Gasteiger partial charge in [0.05, 0.1) is 0 Å². The third-order valence-corrected chi connectivity index (χ3v) is 10.8. The molecule has 0 atom stereocenters. The van der Waals surface area contributed by atoms with Gasteiger partial charge in [-0.15, -0.1) is 11.3 Å². The fourth-order valence-electron chi connectivity index (χ4n) is 7.26. The first-order valence-electron chi connectivity index (χ1n) is 16.3. The van der Waals surface area contributed by atoms with Crippen LogP contribution < -0.4 is 0 Å². The summed E-state index contributed by atoms with van der Waals surface area (Å²) in [4.78, 5) is 1.32. The summed E-state index contributed by atoms with van der Waals surface area (Å²) < 4.78 is 1.31. The topological polar surface area (TPSA) is 0 Å². The fourth-order valence-corrected chi connectivity index (χ4v) is 8.53. The first-order valence-corrected chi connectivity index (χ1v) is 17.1. The van der Waals surface area contributed by atoms with Crippen molar-refractivity contribution in [2.45, 2.75) is 13.8 Å². The maximum atomic E-state index is 2.43. The molecule has 1 heteroatoms. The van der Waals surface area contributed by atoms with Gasteiger partial charge in [0.1, 0.15) is 0 Å². The zero-order valence-electron chi connectivity index (χ0n) is 26.4. The van der Waals surface area contributed by atoms with E-state index < -0.39 is 0 Å². The highest BCUT2D eigenvalue weighted by atomic mass is 32.1. The quantitative estimate of drug-likeness (QED) is 0.173. The van der Waals surface area contributed by atoms with Crippen LogP contribution in [0.5, 0.6) is 0 Å². The Kier molecular flexibility index (Phi) is 6.55. The molecule has 0 amide bonds. The number of fused-ring (bicyclic) bond motifs is 4. The Bertz CT molecular complexity index is 2560. The van der Waals surface area contributed by atoms with Crippen LogP contribution in [0.1, 0.15) is 11.1 Å². The van der Waals surface area contributed by atoms with Crippen molar-refractivity contribution in [2.24, 2.45) is 0 Å². The Hall–Kier alpha value is -5.50. The van der Waals surface area contributed by atoms with Crippen molar-refractivity contribution < 1.29 is 0 Å². The second-order valence-electron chi connectivity index (χ2n) is 12.7. The summed E-state index contributed by atoms with van der Waals surface area (Å²) in [6.07, 6.45) is 0. The van der Waals surface area contributed by atoms with Gasteiger partial charge in [0, 0.05) is 20.5 Å². The lowest BCUT2D eigenvalue weighted by molar-refractivity contribution is 1.47. The maximum absolute atomic E-state index is 2.43. The van der Waals surface area contributed by atoms with E-state index in [2.05, 4.69) is 172 Å². The highest BCUT2D eigenvalue weighted by Crippen LogP contribution is 2.48. The van der Waals surface area contributed by atoms with Gasteiger partial charge in [0.15, 0.2) is 0 Å². The summed E-state index contributed by atoms with van der Waals surface area (Å²) >= 11 is 1.90. The van der Waals surface area contributed by atoms with Crippen molar-refractivity contribution in [1.82, 2.24) is 0 Å². The molecule has 222 valence electrons. The normalized spacial score (nSPS) is 11.6. The molecule has 47 heavy (non-hydrogen) atoms. The van der Waals surface area contributed by atoms with E-state index in [1.165, 1.54) is 97.4 Å². The zero-order valence-corrected chi connectivity index (χ0v) is 27.2. The highest BCUT2D eigenvalue weighted by Gasteiger charge is 2.20. The van der Waals surface area contributed by atoms with Crippen molar-refractivity contribution in [2.75, 3.05) is 0 Å². The van der Waals surface area contributed by atoms with E-state index in [4.69, 9.17) is 0 Å². The standard InChI is InChI=1S/C46H32S/c1-29-15-19-32(20-16-29)45-41-26-25-36(28-42(41)47-46(45)33-21-17-30(2)18-22-33)44-39-13-7-5-11-37(39)43(38-12-6-8-14-40(38)44)35-24-23-31-9-3-4-10-34(31)27-35/h3-28H,1-2H3. The van der Waals surface area contributed by atoms with E-state index in [1.807, 2.05) is 11.3 Å². The van der Waals surface area contributed by atoms with Crippen LogP contribution in [-0.4, -0.2) is 0 Å². The van der Waals surface area contributed by atoms with Crippen LogP contribution in [0.15, 0.2) is 158 Å². The molecule has 0 nitrogen and oxygen atoms in total. The predicted octanol–water partition coefficient (Wildman–Crippen LogP) is 13.6. The lowest BCUT2D eigenvalue weighted by atomic mass is 9.85. The Labute approximate surface area is 279 Å². The van der Waals surface area contributed by atoms with Crippen LogP contribution in [0.25, 0.3) is 86.2 Å². The molecule has 0 aliphatic carbocycles. The van der Waals surface area contributed by atoms with Crippen molar-refractivity contribution in [3.63, 3.8) is 0 Å². The molecule has 0 radical (unpaired) electrons. The van der Waals surface area contributed by atoms with Crippen molar-refractivity contribution in [1.29, 1.82) is 0 Å². The highest BCUT2D eigenvalue weighted by molar-refractivity contribution is 7.23. The van der Waals surface area contributed by atoms with Gasteiger partial charge in [-0.3, -0.25) is 0 Å². The van der Waals surface area contributed by atoms with Gasteiger partial charge in [0.25, 0.3) is 0 Å². The van der Waals surface area contributed by atoms with Gasteiger partial charge >= 0.3 is 0 Å². The largest absolute Gasteiger partial charge is 0.135 e. The summed E-state index contributed by atoms with van der Waals surface area (Å²) in [6, 6.07) is 58.5. The third-order valence-electron chi connectivity index (χ3n) is 9.60. The van der Waals surface area contributed by atoms with E-state index in [1.54, 1.807) is 0 Å². The molecule has 0 N–H and O–H groups in total. The minimum Gasteiger partial charge on any atom is -0.135 e. The van der Waals surface area contributed by atoms with Crippen LogP contribution in [0.3, 0.4) is 0 Å². The minimum atomic E-state index is 1.25. The molecular formula is C46H32S. The summed E-state index contributed by atoms with van der Waals surface area (Å²) in [5, 5.41) is 8.96.